The Morgan fingerprint density at radius 2 is 2.00 bits per heavy atom. The number of nitro groups is 1. The minimum absolute atomic E-state index is 0.392. The average molecular weight is 411 g/mol. The van der Waals surface area contributed by atoms with Gasteiger partial charge in [-0.25, -0.2) is 9.18 Å². The lowest BCUT2D eigenvalue weighted by Crippen LogP contribution is -2.30. The molecule has 10 heteroatoms. The van der Waals surface area contributed by atoms with Gasteiger partial charge < -0.3 is 14.8 Å². The van der Waals surface area contributed by atoms with Crippen LogP contribution in [0.5, 0.6) is 5.75 Å². The van der Waals surface area contributed by atoms with Crippen LogP contribution in [0.1, 0.15) is 12.5 Å². The SMILES string of the molecule is Cc1cc(Cl)ccc1OC(C)C(=O)OCC(=O)Nc1cc([N+](=O)[O-])ccc1F. The van der Waals surface area contributed by atoms with Gasteiger partial charge in [0.25, 0.3) is 11.6 Å². The zero-order valence-electron chi connectivity index (χ0n) is 14.9. The number of carbonyl (C=O) groups is 2. The van der Waals surface area contributed by atoms with Crippen LogP contribution in [-0.4, -0.2) is 29.5 Å². The summed E-state index contributed by atoms with van der Waals surface area (Å²) < 4.78 is 24.0. The molecule has 0 aliphatic rings. The van der Waals surface area contributed by atoms with E-state index in [0.717, 1.165) is 18.2 Å². The number of halogens is 2. The molecule has 0 spiro atoms. The predicted molar refractivity (Wildman–Crippen MR) is 98.9 cm³/mol. The number of carbonyl (C=O) groups excluding carboxylic acids is 2. The molecule has 2 aromatic rings. The number of nitro benzene ring substituents is 1. The molecule has 0 heterocycles. The number of aryl methyl sites for hydroxylation is 1. The van der Waals surface area contributed by atoms with E-state index in [1.165, 1.54) is 6.92 Å². The van der Waals surface area contributed by atoms with Crippen molar-refractivity contribution in [2.24, 2.45) is 0 Å². The van der Waals surface area contributed by atoms with Gasteiger partial charge in [0.15, 0.2) is 12.7 Å². The first-order valence-electron chi connectivity index (χ1n) is 8.00. The Morgan fingerprint density at radius 1 is 1.29 bits per heavy atom. The number of esters is 1. The highest BCUT2D eigenvalue weighted by molar-refractivity contribution is 6.30. The number of hydrogen-bond acceptors (Lipinski definition) is 6. The number of non-ortho nitro benzene ring substituents is 1. The zero-order valence-corrected chi connectivity index (χ0v) is 15.7. The maximum atomic E-state index is 13.7. The first-order chi connectivity index (χ1) is 13.2. The van der Waals surface area contributed by atoms with Crippen LogP contribution in [0.4, 0.5) is 15.8 Å². The number of nitrogens with zero attached hydrogens (tertiary/aromatic N) is 1. The summed E-state index contributed by atoms with van der Waals surface area (Å²) in [6, 6.07) is 7.54. The van der Waals surface area contributed by atoms with E-state index in [2.05, 4.69) is 5.32 Å². The summed E-state index contributed by atoms with van der Waals surface area (Å²) in [6.45, 7) is 2.48. The summed E-state index contributed by atoms with van der Waals surface area (Å²) >= 11 is 5.85. The molecule has 8 nitrogen and oxygen atoms in total. The van der Waals surface area contributed by atoms with Crippen LogP contribution in [0.15, 0.2) is 36.4 Å². The highest BCUT2D eigenvalue weighted by Crippen LogP contribution is 2.23. The Bertz CT molecular complexity index is 921. The Kier molecular flexibility index (Phi) is 6.89. The molecule has 0 fully saturated rings. The summed E-state index contributed by atoms with van der Waals surface area (Å²) in [5, 5.41) is 13.3. The molecular weight excluding hydrogens is 395 g/mol. The molecule has 0 aliphatic heterocycles. The molecule has 0 aliphatic carbocycles. The van der Waals surface area contributed by atoms with Crippen molar-refractivity contribution in [3.05, 3.63) is 62.9 Å². The molecule has 0 saturated carbocycles. The summed E-state index contributed by atoms with van der Waals surface area (Å²) in [5.41, 5.74) is -0.0728. The van der Waals surface area contributed by atoms with E-state index < -0.39 is 46.7 Å². The maximum Gasteiger partial charge on any atom is 0.347 e. The smallest absolute Gasteiger partial charge is 0.347 e. The standard InChI is InChI=1S/C18H16ClFN2O6/c1-10-7-12(19)3-6-16(10)28-11(2)18(24)27-9-17(23)21-15-8-13(22(25)26)4-5-14(15)20/h3-8,11H,9H2,1-2H3,(H,21,23). The topological polar surface area (TPSA) is 108 Å². The second kappa shape index (κ2) is 9.14. The number of amides is 1. The Labute approximate surface area is 164 Å². The van der Waals surface area contributed by atoms with E-state index >= 15 is 0 Å². The summed E-state index contributed by atoms with van der Waals surface area (Å²) in [4.78, 5) is 33.8. The van der Waals surface area contributed by atoms with Crippen LogP contribution in [-0.2, 0) is 14.3 Å². The number of ether oxygens (including phenoxy) is 2. The fraction of sp³-hybridized carbons (Fsp3) is 0.222. The number of rotatable bonds is 7. The van der Waals surface area contributed by atoms with Gasteiger partial charge >= 0.3 is 5.97 Å². The summed E-state index contributed by atoms with van der Waals surface area (Å²) in [7, 11) is 0. The highest BCUT2D eigenvalue weighted by atomic mass is 35.5. The molecule has 2 aromatic carbocycles. The lowest BCUT2D eigenvalue weighted by Gasteiger charge is -2.15. The van der Waals surface area contributed by atoms with E-state index in [0.29, 0.717) is 16.3 Å². The third kappa shape index (κ3) is 5.65. The molecule has 0 saturated heterocycles. The zero-order chi connectivity index (χ0) is 20.8. The minimum atomic E-state index is -1.01. The van der Waals surface area contributed by atoms with Crippen molar-refractivity contribution < 1.29 is 28.4 Å². The molecular formula is C18H16ClFN2O6. The molecule has 2 rings (SSSR count). The third-order valence-electron chi connectivity index (χ3n) is 3.55. The van der Waals surface area contributed by atoms with Gasteiger partial charge in [0.05, 0.1) is 10.6 Å². The average Bonchev–Trinajstić information content (AvgIpc) is 2.63. The van der Waals surface area contributed by atoms with E-state index in [-0.39, 0.29) is 0 Å². The lowest BCUT2D eigenvalue weighted by molar-refractivity contribution is -0.384. The largest absolute Gasteiger partial charge is 0.479 e. The first-order valence-corrected chi connectivity index (χ1v) is 8.38. The summed E-state index contributed by atoms with van der Waals surface area (Å²) in [5.74, 6) is -2.11. The van der Waals surface area contributed by atoms with Crippen LogP contribution in [0.2, 0.25) is 5.02 Å². The van der Waals surface area contributed by atoms with E-state index in [4.69, 9.17) is 21.1 Å². The maximum absolute atomic E-state index is 13.7. The van der Waals surface area contributed by atoms with E-state index in [1.54, 1.807) is 25.1 Å². The molecule has 1 unspecified atom stereocenters. The number of nitrogens with one attached hydrogen (secondary N) is 1. The van der Waals surface area contributed by atoms with Crippen molar-refractivity contribution in [3.8, 4) is 5.75 Å². The molecule has 0 aromatic heterocycles. The minimum Gasteiger partial charge on any atom is -0.479 e. The van der Waals surface area contributed by atoms with Crippen LogP contribution >= 0.6 is 11.6 Å². The van der Waals surface area contributed by atoms with Gasteiger partial charge in [-0.1, -0.05) is 11.6 Å². The first kappa shape index (κ1) is 21.1. The van der Waals surface area contributed by atoms with Crippen molar-refractivity contribution in [1.82, 2.24) is 0 Å². The lowest BCUT2D eigenvalue weighted by atomic mass is 10.2. The normalized spacial score (nSPS) is 11.4. The van der Waals surface area contributed by atoms with E-state index in [1.807, 2.05) is 0 Å². The highest BCUT2D eigenvalue weighted by Gasteiger charge is 2.20. The van der Waals surface area contributed by atoms with Crippen LogP contribution in [0.3, 0.4) is 0 Å². The van der Waals surface area contributed by atoms with Gasteiger partial charge in [0, 0.05) is 17.2 Å². The van der Waals surface area contributed by atoms with Crippen molar-refractivity contribution in [2.45, 2.75) is 20.0 Å². The van der Waals surface area contributed by atoms with Gasteiger partial charge in [0.1, 0.15) is 11.6 Å². The van der Waals surface area contributed by atoms with Crippen LogP contribution in [0.25, 0.3) is 0 Å². The third-order valence-corrected chi connectivity index (χ3v) is 3.79. The van der Waals surface area contributed by atoms with Gasteiger partial charge in [0.2, 0.25) is 0 Å². The van der Waals surface area contributed by atoms with Gasteiger partial charge in [-0.05, 0) is 43.7 Å². The van der Waals surface area contributed by atoms with Gasteiger partial charge in [-0.15, -0.1) is 0 Å². The van der Waals surface area contributed by atoms with E-state index in [9.17, 15) is 24.1 Å². The van der Waals surface area contributed by atoms with Crippen LogP contribution in [0, 0.1) is 22.9 Å². The molecule has 1 atom stereocenters. The van der Waals surface area contributed by atoms with Crippen molar-refractivity contribution in [2.75, 3.05) is 11.9 Å². The Morgan fingerprint density at radius 3 is 2.64 bits per heavy atom. The monoisotopic (exact) mass is 410 g/mol. The molecule has 0 radical (unpaired) electrons. The fourth-order valence-electron chi connectivity index (χ4n) is 2.15. The molecule has 0 bridgehead atoms. The number of anilines is 1. The second-order valence-electron chi connectivity index (χ2n) is 5.75. The molecule has 28 heavy (non-hydrogen) atoms. The quantitative estimate of drug-likeness (QED) is 0.424. The number of benzene rings is 2. The molecule has 148 valence electrons. The summed E-state index contributed by atoms with van der Waals surface area (Å²) in [6.07, 6.45) is -1.01. The van der Waals surface area contributed by atoms with Crippen molar-refractivity contribution >= 4 is 34.9 Å². The van der Waals surface area contributed by atoms with Gasteiger partial charge in [-0.2, -0.15) is 0 Å². The fourth-order valence-corrected chi connectivity index (χ4v) is 2.37. The van der Waals surface area contributed by atoms with Crippen LogP contribution < -0.4 is 10.1 Å². The molecule has 1 amide bonds. The Hall–Kier alpha value is -3.20. The predicted octanol–water partition coefficient (Wildman–Crippen LogP) is 3.64. The van der Waals surface area contributed by atoms with Crippen molar-refractivity contribution in [3.63, 3.8) is 0 Å². The number of hydrogen-bond donors (Lipinski definition) is 1. The molecule has 1 N–H and O–H groups in total. The second-order valence-corrected chi connectivity index (χ2v) is 6.18. The van der Waals surface area contributed by atoms with Crippen molar-refractivity contribution in [1.29, 1.82) is 0 Å². The Balaban J connectivity index is 1.90. The van der Waals surface area contributed by atoms with Gasteiger partial charge in [-0.3, -0.25) is 14.9 Å².